The quantitative estimate of drug-likeness (QED) is 0.894. The van der Waals surface area contributed by atoms with Gasteiger partial charge < -0.3 is 10.2 Å². The summed E-state index contributed by atoms with van der Waals surface area (Å²) < 4.78 is 22.8. The summed E-state index contributed by atoms with van der Waals surface area (Å²) in [5.74, 6) is 0.159. The molecule has 0 unspecified atom stereocenters. The molecular formula is C15H20N2O3S. The number of carbonyl (C=O) groups excluding carboxylic acids is 1. The van der Waals surface area contributed by atoms with Gasteiger partial charge in [0.15, 0.2) is 9.84 Å². The molecule has 0 radical (unpaired) electrons. The van der Waals surface area contributed by atoms with Crippen LogP contribution in [0.2, 0.25) is 0 Å². The molecule has 1 N–H and O–H groups in total. The highest BCUT2D eigenvalue weighted by molar-refractivity contribution is 7.91. The van der Waals surface area contributed by atoms with E-state index in [4.69, 9.17) is 0 Å². The van der Waals surface area contributed by atoms with Gasteiger partial charge >= 0.3 is 0 Å². The summed E-state index contributed by atoms with van der Waals surface area (Å²) in [6.07, 6.45) is 1.47. The van der Waals surface area contributed by atoms with Gasteiger partial charge in [0.05, 0.1) is 18.1 Å². The van der Waals surface area contributed by atoms with Crippen LogP contribution in [0.4, 0.5) is 5.69 Å². The average molecular weight is 308 g/mol. The third-order valence-electron chi connectivity index (χ3n) is 4.26. The lowest BCUT2D eigenvalue weighted by Crippen LogP contribution is -2.44. The van der Waals surface area contributed by atoms with Crippen LogP contribution in [0.1, 0.15) is 18.9 Å². The standard InChI is InChI=1S/C15H20N2O3S/c1-11-8-12-4-2-3-5-14(12)17(11)9-15(18)16-13-6-7-21(19,20)10-13/h2-5,11,13H,6-10H2,1H3,(H,16,18)/t11-,13+/m0/s1. The summed E-state index contributed by atoms with van der Waals surface area (Å²) in [5, 5.41) is 2.85. The molecule has 0 bridgehead atoms. The first-order chi connectivity index (χ1) is 9.94. The number of nitrogens with zero attached hydrogens (tertiary/aromatic N) is 1. The minimum absolute atomic E-state index is 0.0743. The van der Waals surface area contributed by atoms with Crippen molar-refractivity contribution in [2.45, 2.75) is 31.8 Å². The van der Waals surface area contributed by atoms with Crippen LogP contribution in [0.5, 0.6) is 0 Å². The van der Waals surface area contributed by atoms with Gasteiger partial charge in [-0.05, 0) is 31.4 Å². The van der Waals surface area contributed by atoms with Gasteiger partial charge in [-0.3, -0.25) is 4.79 Å². The van der Waals surface area contributed by atoms with Crippen LogP contribution in [-0.2, 0) is 21.1 Å². The van der Waals surface area contributed by atoms with Crippen molar-refractivity contribution >= 4 is 21.4 Å². The Morgan fingerprint density at radius 3 is 2.86 bits per heavy atom. The van der Waals surface area contributed by atoms with E-state index in [0.29, 0.717) is 12.5 Å². The normalized spacial score (nSPS) is 26.6. The number of para-hydroxylation sites is 1. The van der Waals surface area contributed by atoms with Crippen molar-refractivity contribution in [3.05, 3.63) is 29.8 Å². The lowest BCUT2D eigenvalue weighted by atomic mass is 10.1. The summed E-state index contributed by atoms with van der Waals surface area (Å²) in [6, 6.07) is 8.18. The molecule has 1 saturated heterocycles. The highest BCUT2D eigenvalue weighted by Gasteiger charge is 2.31. The number of amides is 1. The number of sulfone groups is 1. The number of rotatable bonds is 3. The molecule has 3 rings (SSSR count). The number of anilines is 1. The lowest BCUT2D eigenvalue weighted by Gasteiger charge is -2.25. The van der Waals surface area contributed by atoms with E-state index in [1.54, 1.807) is 0 Å². The van der Waals surface area contributed by atoms with E-state index in [9.17, 15) is 13.2 Å². The summed E-state index contributed by atoms with van der Waals surface area (Å²) in [5.41, 5.74) is 2.38. The van der Waals surface area contributed by atoms with E-state index in [1.165, 1.54) is 5.56 Å². The minimum atomic E-state index is -2.96. The van der Waals surface area contributed by atoms with Gasteiger partial charge in [-0.1, -0.05) is 18.2 Å². The van der Waals surface area contributed by atoms with Crippen molar-refractivity contribution in [3.63, 3.8) is 0 Å². The molecule has 0 aromatic heterocycles. The maximum absolute atomic E-state index is 12.2. The molecule has 2 aliphatic rings. The summed E-state index contributed by atoms with van der Waals surface area (Å²) in [7, 11) is -2.96. The number of benzene rings is 1. The zero-order valence-electron chi connectivity index (χ0n) is 12.1. The second-order valence-electron chi connectivity index (χ2n) is 5.98. The van der Waals surface area contributed by atoms with Crippen LogP contribution >= 0.6 is 0 Å². The van der Waals surface area contributed by atoms with Crippen molar-refractivity contribution in [1.29, 1.82) is 0 Å². The molecule has 0 saturated carbocycles. The molecule has 0 spiro atoms. The van der Waals surface area contributed by atoms with Gasteiger partial charge in [0.25, 0.3) is 0 Å². The van der Waals surface area contributed by atoms with E-state index in [-0.39, 0.29) is 30.0 Å². The van der Waals surface area contributed by atoms with Crippen molar-refractivity contribution < 1.29 is 13.2 Å². The Kier molecular flexibility index (Phi) is 3.65. The zero-order chi connectivity index (χ0) is 15.0. The number of nitrogens with one attached hydrogen (secondary N) is 1. The van der Waals surface area contributed by atoms with Gasteiger partial charge in [0.1, 0.15) is 0 Å². The molecule has 114 valence electrons. The Balaban J connectivity index is 1.63. The second-order valence-corrected chi connectivity index (χ2v) is 8.21. The lowest BCUT2D eigenvalue weighted by molar-refractivity contribution is -0.120. The number of fused-ring (bicyclic) bond motifs is 1. The largest absolute Gasteiger partial charge is 0.359 e. The van der Waals surface area contributed by atoms with E-state index in [1.807, 2.05) is 18.2 Å². The van der Waals surface area contributed by atoms with Gasteiger partial charge in [0.2, 0.25) is 5.91 Å². The maximum atomic E-state index is 12.2. The molecule has 1 aromatic rings. The summed E-state index contributed by atoms with van der Waals surface area (Å²) in [6.45, 7) is 2.39. The Morgan fingerprint density at radius 1 is 1.38 bits per heavy atom. The smallest absolute Gasteiger partial charge is 0.239 e. The Morgan fingerprint density at radius 2 is 2.14 bits per heavy atom. The monoisotopic (exact) mass is 308 g/mol. The van der Waals surface area contributed by atoms with Crippen molar-refractivity contribution in [1.82, 2.24) is 5.32 Å². The predicted octanol–water partition coefficient (Wildman–Crippen LogP) is 0.741. The van der Waals surface area contributed by atoms with Crippen molar-refractivity contribution in [3.8, 4) is 0 Å². The van der Waals surface area contributed by atoms with Gasteiger partial charge in [-0.15, -0.1) is 0 Å². The van der Waals surface area contributed by atoms with Crippen LogP contribution in [0.3, 0.4) is 0 Å². The molecule has 2 aliphatic heterocycles. The van der Waals surface area contributed by atoms with Crippen molar-refractivity contribution in [2.75, 3.05) is 23.0 Å². The maximum Gasteiger partial charge on any atom is 0.239 e. The molecule has 5 nitrogen and oxygen atoms in total. The Hall–Kier alpha value is -1.56. The molecule has 2 atom stereocenters. The van der Waals surface area contributed by atoms with Crippen LogP contribution in [0.15, 0.2) is 24.3 Å². The molecule has 0 aliphatic carbocycles. The second kappa shape index (κ2) is 5.33. The molecular weight excluding hydrogens is 288 g/mol. The SMILES string of the molecule is C[C@H]1Cc2ccccc2N1CC(=O)N[C@@H]1CCS(=O)(=O)C1. The third-order valence-corrected chi connectivity index (χ3v) is 6.03. The highest BCUT2D eigenvalue weighted by Crippen LogP contribution is 2.31. The first-order valence-electron chi connectivity index (χ1n) is 7.29. The zero-order valence-corrected chi connectivity index (χ0v) is 12.9. The predicted molar refractivity (Wildman–Crippen MR) is 82.2 cm³/mol. The van der Waals surface area contributed by atoms with E-state index < -0.39 is 9.84 Å². The molecule has 6 heteroatoms. The number of carbonyl (C=O) groups is 1. The van der Waals surface area contributed by atoms with Gasteiger partial charge in [0, 0.05) is 17.8 Å². The van der Waals surface area contributed by atoms with E-state index in [2.05, 4.69) is 23.2 Å². The van der Waals surface area contributed by atoms with Crippen LogP contribution < -0.4 is 10.2 Å². The van der Waals surface area contributed by atoms with Crippen molar-refractivity contribution in [2.24, 2.45) is 0 Å². The average Bonchev–Trinajstić information content (AvgIpc) is 2.90. The highest BCUT2D eigenvalue weighted by atomic mass is 32.2. The molecule has 1 amide bonds. The van der Waals surface area contributed by atoms with Crippen LogP contribution in [-0.4, -0.2) is 44.5 Å². The Bertz CT molecular complexity index is 657. The molecule has 1 aromatic carbocycles. The fraction of sp³-hybridized carbons (Fsp3) is 0.533. The van der Waals surface area contributed by atoms with Crippen LogP contribution in [0.25, 0.3) is 0 Å². The van der Waals surface area contributed by atoms with E-state index >= 15 is 0 Å². The first kappa shape index (κ1) is 14.4. The number of hydrogen-bond acceptors (Lipinski definition) is 4. The van der Waals surface area contributed by atoms with Gasteiger partial charge in [-0.2, -0.15) is 0 Å². The van der Waals surface area contributed by atoms with E-state index in [0.717, 1.165) is 12.1 Å². The summed E-state index contributed by atoms with van der Waals surface area (Å²) in [4.78, 5) is 14.3. The first-order valence-corrected chi connectivity index (χ1v) is 9.11. The van der Waals surface area contributed by atoms with Gasteiger partial charge in [-0.25, -0.2) is 8.42 Å². The van der Waals surface area contributed by atoms with Crippen LogP contribution in [0, 0.1) is 0 Å². The fourth-order valence-corrected chi connectivity index (χ4v) is 4.88. The fourth-order valence-electron chi connectivity index (χ4n) is 3.21. The molecule has 2 heterocycles. The third kappa shape index (κ3) is 3.05. The molecule has 21 heavy (non-hydrogen) atoms. The topological polar surface area (TPSA) is 66.5 Å². The number of hydrogen-bond donors (Lipinski definition) is 1. The molecule has 1 fully saturated rings. The minimum Gasteiger partial charge on any atom is -0.359 e. The Labute approximate surface area is 125 Å². The summed E-state index contributed by atoms with van der Waals surface area (Å²) >= 11 is 0.